The molecule has 0 atom stereocenters. The number of halogens is 1. The van der Waals surface area contributed by atoms with Crippen LogP contribution in [-0.2, 0) is 14.8 Å². The number of rotatable bonds is 7. The van der Waals surface area contributed by atoms with E-state index in [-0.39, 0.29) is 22.5 Å². The predicted octanol–water partition coefficient (Wildman–Crippen LogP) is 4.13. The molecule has 1 amide bonds. The van der Waals surface area contributed by atoms with Crippen molar-refractivity contribution in [3.63, 3.8) is 0 Å². The number of carbonyl (C=O) groups is 1. The summed E-state index contributed by atoms with van der Waals surface area (Å²) in [4.78, 5) is 11.9. The minimum absolute atomic E-state index is 0.0719. The van der Waals surface area contributed by atoms with Crippen LogP contribution in [0.15, 0.2) is 47.4 Å². The fourth-order valence-corrected chi connectivity index (χ4v) is 3.66. The molecule has 0 unspecified atom stereocenters. The molecule has 0 radical (unpaired) electrons. The van der Waals surface area contributed by atoms with Crippen LogP contribution in [0.3, 0.4) is 0 Å². The molecule has 140 valence electrons. The highest BCUT2D eigenvalue weighted by Crippen LogP contribution is 2.29. The van der Waals surface area contributed by atoms with E-state index in [0.29, 0.717) is 22.8 Å². The Hall–Kier alpha value is -2.25. The van der Waals surface area contributed by atoms with E-state index in [9.17, 15) is 13.2 Å². The number of benzene rings is 2. The van der Waals surface area contributed by atoms with Crippen LogP contribution in [-0.4, -0.2) is 21.4 Å². The van der Waals surface area contributed by atoms with Gasteiger partial charge in [0.15, 0.2) is 0 Å². The van der Waals surface area contributed by atoms with Gasteiger partial charge in [0.05, 0.1) is 7.11 Å². The molecule has 2 aromatic carbocycles. The Morgan fingerprint density at radius 2 is 1.73 bits per heavy atom. The lowest BCUT2D eigenvalue weighted by Gasteiger charge is -2.14. The highest BCUT2D eigenvalue weighted by Gasteiger charge is 2.21. The quantitative estimate of drug-likeness (QED) is 0.736. The molecule has 0 saturated carbocycles. The number of amides is 1. The molecule has 0 bridgehead atoms. The molecule has 0 aromatic heterocycles. The lowest BCUT2D eigenvalue weighted by molar-refractivity contribution is -0.116. The van der Waals surface area contributed by atoms with E-state index < -0.39 is 10.0 Å². The third kappa shape index (κ3) is 5.37. The summed E-state index contributed by atoms with van der Waals surface area (Å²) in [5.74, 6) is 0.190. The zero-order valence-corrected chi connectivity index (χ0v) is 16.3. The summed E-state index contributed by atoms with van der Waals surface area (Å²) in [6.45, 7) is 3.86. The molecule has 2 N–H and O–H groups in total. The second-order valence-corrected chi connectivity index (χ2v) is 8.21. The molecule has 2 aromatic rings. The van der Waals surface area contributed by atoms with Crippen LogP contribution in [0.4, 0.5) is 11.4 Å². The average Bonchev–Trinajstić information content (AvgIpc) is 2.56. The van der Waals surface area contributed by atoms with Gasteiger partial charge in [-0.05, 0) is 48.4 Å². The first kappa shape index (κ1) is 20.1. The summed E-state index contributed by atoms with van der Waals surface area (Å²) < 4.78 is 33.1. The molecular formula is C18H21ClN2O4S. The standard InChI is InChI=1S/C18H21ClN2O4S/c1-12(2)10-18(22)20-15-8-9-16(25-3)17(11-15)26(23,24)21-14-6-4-13(19)5-7-14/h4-9,11-12,21H,10H2,1-3H3,(H,20,22). The minimum Gasteiger partial charge on any atom is -0.495 e. The third-order valence-corrected chi connectivity index (χ3v) is 5.08. The normalized spacial score (nSPS) is 11.3. The van der Waals surface area contributed by atoms with Crippen LogP contribution in [0.5, 0.6) is 5.75 Å². The number of hydrogen-bond donors (Lipinski definition) is 2. The number of nitrogens with one attached hydrogen (secondary N) is 2. The Morgan fingerprint density at radius 1 is 1.12 bits per heavy atom. The molecule has 8 heteroatoms. The number of carbonyl (C=O) groups excluding carboxylic acids is 1. The average molecular weight is 397 g/mol. The maximum Gasteiger partial charge on any atom is 0.265 e. The molecule has 0 fully saturated rings. The smallest absolute Gasteiger partial charge is 0.265 e. The fourth-order valence-electron chi connectivity index (χ4n) is 2.28. The van der Waals surface area contributed by atoms with E-state index in [1.807, 2.05) is 13.8 Å². The maximum atomic E-state index is 12.7. The van der Waals surface area contributed by atoms with E-state index in [2.05, 4.69) is 10.0 Å². The molecule has 2 rings (SSSR count). The van der Waals surface area contributed by atoms with Crippen LogP contribution >= 0.6 is 11.6 Å². The van der Waals surface area contributed by atoms with Crippen molar-refractivity contribution in [1.29, 1.82) is 0 Å². The monoisotopic (exact) mass is 396 g/mol. The lowest BCUT2D eigenvalue weighted by Crippen LogP contribution is -2.16. The molecule has 6 nitrogen and oxygen atoms in total. The van der Waals surface area contributed by atoms with Gasteiger partial charge in [0.25, 0.3) is 10.0 Å². The Bertz CT molecular complexity index is 881. The topological polar surface area (TPSA) is 84.5 Å². The van der Waals surface area contributed by atoms with E-state index in [1.165, 1.54) is 19.2 Å². The van der Waals surface area contributed by atoms with Crippen molar-refractivity contribution in [3.05, 3.63) is 47.5 Å². The maximum absolute atomic E-state index is 12.7. The first-order valence-corrected chi connectivity index (χ1v) is 9.83. The van der Waals surface area contributed by atoms with Crippen LogP contribution in [0.1, 0.15) is 20.3 Å². The molecular weight excluding hydrogens is 376 g/mol. The van der Waals surface area contributed by atoms with E-state index in [1.54, 1.807) is 30.3 Å². The Morgan fingerprint density at radius 3 is 2.31 bits per heavy atom. The number of hydrogen-bond acceptors (Lipinski definition) is 4. The molecule has 0 aliphatic heterocycles. The molecule has 0 saturated heterocycles. The van der Waals surface area contributed by atoms with Gasteiger partial charge < -0.3 is 10.1 Å². The Kier molecular flexibility index (Phi) is 6.50. The van der Waals surface area contributed by atoms with Crippen molar-refractivity contribution >= 4 is 38.9 Å². The summed E-state index contributed by atoms with van der Waals surface area (Å²) in [5, 5.41) is 3.20. The SMILES string of the molecule is COc1ccc(NC(=O)CC(C)C)cc1S(=O)(=O)Nc1ccc(Cl)cc1. The number of anilines is 2. The largest absolute Gasteiger partial charge is 0.495 e. The predicted molar refractivity (Wildman–Crippen MR) is 103 cm³/mol. The zero-order valence-electron chi connectivity index (χ0n) is 14.7. The molecule has 0 aliphatic rings. The highest BCUT2D eigenvalue weighted by molar-refractivity contribution is 7.92. The molecule has 0 heterocycles. The van der Waals surface area contributed by atoms with Crippen molar-refractivity contribution in [3.8, 4) is 5.75 Å². The molecule has 0 spiro atoms. The van der Waals surface area contributed by atoms with Crippen LogP contribution in [0, 0.1) is 5.92 Å². The van der Waals surface area contributed by atoms with Gasteiger partial charge in [-0.25, -0.2) is 8.42 Å². The summed E-state index contributed by atoms with van der Waals surface area (Å²) in [6.07, 6.45) is 0.344. The van der Waals surface area contributed by atoms with E-state index in [4.69, 9.17) is 16.3 Å². The van der Waals surface area contributed by atoms with Crippen molar-refractivity contribution in [2.75, 3.05) is 17.1 Å². The van der Waals surface area contributed by atoms with Gasteiger partial charge in [0, 0.05) is 22.8 Å². The minimum atomic E-state index is -3.92. The zero-order chi connectivity index (χ0) is 19.3. The third-order valence-electron chi connectivity index (χ3n) is 3.43. The van der Waals surface area contributed by atoms with Gasteiger partial charge in [0.1, 0.15) is 10.6 Å². The summed E-state index contributed by atoms with van der Waals surface area (Å²) in [7, 11) is -2.54. The Balaban J connectivity index is 2.31. The number of methoxy groups -OCH3 is 1. The van der Waals surface area contributed by atoms with Gasteiger partial charge >= 0.3 is 0 Å². The van der Waals surface area contributed by atoms with Gasteiger partial charge in [-0.2, -0.15) is 0 Å². The molecule has 26 heavy (non-hydrogen) atoms. The number of sulfonamides is 1. The van der Waals surface area contributed by atoms with E-state index in [0.717, 1.165) is 0 Å². The lowest BCUT2D eigenvalue weighted by atomic mass is 10.1. The summed E-state index contributed by atoms with van der Waals surface area (Å²) >= 11 is 5.82. The van der Waals surface area contributed by atoms with Crippen LogP contribution < -0.4 is 14.8 Å². The fraction of sp³-hybridized carbons (Fsp3) is 0.278. The van der Waals surface area contributed by atoms with Gasteiger partial charge in [-0.3, -0.25) is 9.52 Å². The summed E-state index contributed by atoms with van der Waals surface area (Å²) in [5.41, 5.74) is 0.749. The van der Waals surface area contributed by atoms with Crippen LogP contribution in [0.2, 0.25) is 5.02 Å². The first-order chi connectivity index (χ1) is 12.2. The molecule has 0 aliphatic carbocycles. The van der Waals surface area contributed by atoms with Crippen molar-refractivity contribution in [2.45, 2.75) is 25.2 Å². The van der Waals surface area contributed by atoms with Crippen LogP contribution in [0.25, 0.3) is 0 Å². The number of ether oxygens (including phenoxy) is 1. The van der Waals surface area contributed by atoms with Crippen molar-refractivity contribution in [1.82, 2.24) is 0 Å². The van der Waals surface area contributed by atoms with Crippen molar-refractivity contribution < 1.29 is 17.9 Å². The highest BCUT2D eigenvalue weighted by atomic mass is 35.5. The first-order valence-electron chi connectivity index (χ1n) is 7.97. The van der Waals surface area contributed by atoms with E-state index >= 15 is 0 Å². The van der Waals surface area contributed by atoms with Gasteiger partial charge in [-0.1, -0.05) is 25.4 Å². The second-order valence-electron chi connectivity index (χ2n) is 6.12. The second kappa shape index (κ2) is 8.42. The van der Waals surface area contributed by atoms with Crippen molar-refractivity contribution in [2.24, 2.45) is 5.92 Å². The van der Waals surface area contributed by atoms with Gasteiger partial charge in [0.2, 0.25) is 5.91 Å². The Labute approximate surface area is 158 Å². The van der Waals surface area contributed by atoms with Gasteiger partial charge in [-0.15, -0.1) is 0 Å². The summed E-state index contributed by atoms with van der Waals surface area (Å²) in [6, 6.07) is 10.7.